The number of carbonyl (C=O) groups is 6. The van der Waals surface area contributed by atoms with Crippen LogP contribution in [-0.2, 0) is 36.9 Å². The van der Waals surface area contributed by atoms with Crippen molar-refractivity contribution >= 4 is 86.5 Å². The van der Waals surface area contributed by atoms with Crippen LogP contribution in [0.25, 0.3) is 21.5 Å². The zero-order valence-corrected chi connectivity index (χ0v) is 43.8. The van der Waals surface area contributed by atoms with E-state index in [1.54, 1.807) is 46.1 Å². The van der Waals surface area contributed by atoms with Gasteiger partial charge in [0, 0.05) is 77.2 Å². The zero-order chi connectivity index (χ0) is 53.7. The number of ketones is 1. The molecule has 1 saturated heterocycles. The van der Waals surface area contributed by atoms with Gasteiger partial charge >= 0.3 is 0 Å². The molecule has 1 fully saturated rings. The van der Waals surface area contributed by atoms with Gasteiger partial charge in [-0.25, -0.2) is 9.37 Å². The van der Waals surface area contributed by atoms with E-state index in [2.05, 4.69) is 41.2 Å². The summed E-state index contributed by atoms with van der Waals surface area (Å²) in [6.07, 6.45) is 1.50. The van der Waals surface area contributed by atoms with Crippen molar-refractivity contribution in [3.63, 3.8) is 0 Å². The van der Waals surface area contributed by atoms with Crippen molar-refractivity contribution in [1.82, 2.24) is 40.4 Å². The molecule has 0 spiro atoms. The molecule has 8 rings (SSSR count). The maximum atomic E-state index is 14.9. The monoisotopic (exact) mass is 1040 g/mol. The van der Waals surface area contributed by atoms with Crippen LogP contribution in [0.4, 0.5) is 33.2 Å². The van der Waals surface area contributed by atoms with Crippen molar-refractivity contribution < 1.29 is 43.0 Å². The number of fused-ring (bicyclic) bond motifs is 2. The third kappa shape index (κ3) is 12.1. The molecule has 19 nitrogen and oxygen atoms in total. The van der Waals surface area contributed by atoms with Gasteiger partial charge in [-0.15, -0.1) is 11.3 Å². The Hall–Kier alpha value is -7.78. The lowest BCUT2D eigenvalue weighted by molar-refractivity contribution is -0.146. The van der Waals surface area contributed by atoms with Gasteiger partial charge < -0.3 is 50.8 Å². The summed E-state index contributed by atoms with van der Waals surface area (Å²) in [5.74, 6) is -2.89. The molecule has 21 heteroatoms. The molecule has 5 amide bonds. The van der Waals surface area contributed by atoms with Crippen LogP contribution < -0.4 is 30.9 Å². The molecule has 0 unspecified atom stereocenters. The first-order valence-corrected chi connectivity index (χ1v) is 25.6. The summed E-state index contributed by atoms with van der Waals surface area (Å²) in [6.45, 7) is 7.87. The SMILES string of the molecule is CNC(=O)c1c(F)cccc1Nc1nc(Nc2cc3c(cc2OC)CCN3C(=O)CN(C)C(=O)CCCC(=O)C[C@H](C(=O)N2C[C@H](O)C[C@H]2C(=O)NCc2ccc(-c3scnc3C)cc2)C(C)(C)C)nc2[nH]ccc12. The molecule has 3 atom stereocenters. The lowest BCUT2D eigenvalue weighted by Gasteiger charge is -2.34. The van der Waals surface area contributed by atoms with Crippen molar-refractivity contribution in [3.8, 4) is 16.2 Å². The van der Waals surface area contributed by atoms with Gasteiger partial charge in [0.1, 0.15) is 34.9 Å². The smallest absolute Gasteiger partial charge is 0.256 e. The first-order chi connectivity index (χ1) is 35.8. The number of hydrogen-bond donors (Lipinski definition) is 6. The van der Waals surface area contributed by atoms with Gasteiger partial charge in [-0.1, -0.05) is 51.1 Å². The number of rotatable bonds is 19. The number of likely N-dealkylation sites (N-methyl/N-ethyl adjacent to an activating group) is 1. The molecule has 2 aliphatic rings. The Morgan fingerprint density at radius 2 is 1.79 bits per heavy atom. The van der Waals surface area contributed by atoms with Crippen LogP contribution in [0.5, 0.6) is 5.75 Å². The summed E-state index contributed by atoms with van der Waals surface area (Å²) in [4.78, 5) is 103. The molecule has 6 aromatic rings. The fourth-order valence-electron chi connectivity index (χ4n) is 9.53. The second-order valence-corrected chi connectivity index (χ2v) is 20.8. The number of nitrogens with zero attached hydrogens (tertiary/aromatic N) is 6. The van der Waals surface area contributed by atoms with Gasteiger partial charge in [-0.3, -0.25) is 28.8 Å². The van der Waals surface area contributed by atoms with E-state index in [4.69, 9.17) is 4.74 Å². The molecule has 0 saturated carbocycles. The summed E-state index contributed by atoms with van der Waals surface area (Å²) in [6, 6.07) is 16.5. The minimum absolute atomic E-state index is 0.00595. The molecule has 5 heterocycles. The number of amides is 5. The highest BCUT2D eigenvalue weighted by Gasteiger charge is 2.44. The van der Waals surface area contributed by atoms with E-state index < -0.39 is 35.2 Å². The number of carbonyl (C=O) groups excluding carboxylic acids is 6. The first-order valence-electron chi connectivity index (χ1n) is 24.8. The number of aromatic amines is 1. The number of likely N-dealkylation sites (tertiary alicyclic amines) is 1. The Morgan fingerprint density at radius 3 is 2.49 bits per heavy atom. The van der Waals surface area contributed by atoms with E-state index >= 15 is 0 Å². The van der Waals surface area contributed by atoms with Crippen molar-refractivity contribution in [1.29, 1.82) is 0 Å². The Morgan fingerprint density at radius 1 is 1.01 bits per heavy atom. The third-order valence-corrected chi connectivity index (χ3v) is 14.7. The Kier molecular flexibility index (Phi) is 16.2. The van der Waals surface area contributed by atoms with E-state index in [9.17, 15) is 38.3 Å². The normalized spacial score (nSPS) is 15.6. The van der Waals surface area contributed by atoms with Crippen LogP contribution in [0.3, 0.4) is 0 Å². The second kappa shape index (κ2) is 22.8. The standard InChI is InChI=1S/C54H62FN11O8S/c1-30-47(75-29-59-30)32-16-14-31(15-17-32)26-58-50(71)42-24-35(68)27-66(42)52(73)37(54(2,3)4)23-34(67)10-8-13-44(69)64(6)28-45(70)65-21-19-33-22-43(74-7)40(25-41(33)65)61-53-62-48-36(18-20-57-48)49(63-53)60-39-12-9-11-38(55)46(39)51(72)56-5/h9,11-12,14-18,20,22,25,29,35,37,42,68H,8,10,13,19,21,23-24,26-28H2,1-7H3,(H,56,72)(H,58,71)(H3,57,60,61,62,63)/t35-,37-,42+/m1/s1. The van der Waals surface area contributed by atoms with E-state index in [0.717, 1.165) is 27.3 Å². The lowest BCUT2D eigenvalue weighted by atomic mass is 9.76. The first kappa shape index (κ1) is 53.5. The number of ether oxygens (including phenoxy) is 1. The van der Waals surface area contributed by atoms with Gasteiger partial charge in [0.25, 0.3) is 5.91 Å². The zero-order valence-electron chi connectivity index (χ0n) is 43.0. The molecule has 6 N–H and O–H groups in total. The summed E-state index contributed by atoms with van der Waals surface area (Å²) in [5.41, 5.74) is 6.33. The molecule has 0 aliphatic carbocycles. The van der Waals surface area contributed by atoms with Gasteiger partial charge in [-0.05, 0) is 72.2 Å². The van der Waals surface area contributed by atoms with Crippen molar-refractivity contribution in [2.45, 2.75) is 84.9 Å². The number of aromatic nitrogens is 4. The molecule has 0 bridgehead atoms. The number of anilines is 5. The predicted molar refractivity (Wildman–Crippen MR) is 284 cm³/mol. The molecular weight excluding hydrogens is 982 g/mol. The quantitative estimate of drug-likeness (QED) is 0.0490. The van der Waals surface area contributed by atoms with Crippen LogP contribution in [0.1, 0.15) is 80.1 Å². The lowest BCUT2D eigenvalue weighted by Crippen LogP contribution is -2.50. The number of hydrogen-bond acceptors (Lipinski definition) is 14. The van der Waals surface area contributed by atoms with Crippen LogP contribution in [0.2, 0.25) is 0 Å². The fourth-order valence-corrected chi connectivity index (χ4v) is 10.3. The molecule has 2 aliphatic heterocycles. The number of halogens is 1. The number of aryl methyl sites for hydroxylation is 1. The highest BCUT2D eigenvalue weighted by Crippen LogP contribution is 2.40. The van der Waals surface area contributed by atoms with Crippen LogP contribution >= 0.6 is 11.3 Å². The number of benzene rings is 3. The third-order valence-electron chi connectivity index (χ3n) is 13.7. The van der Waals surface area contributed by atoms with Crippen LogP contribution in [-0.4, -0.2) is 123 Å². The predicted octanol–water partition coefficient (Wildman–Crippen LogP) is 6.80. The summed E-state index contributed by atoms with van der Waals surface area (Å²) < 4.78 is 20.6. The number of nitrogens with one attached hydrogen (secondary N) is 5. The maximum absolute atomic E-state index is 14.9. The molecule has 394 valence electrons. The van der Waals surface area contributed by atoms with E-state index in [-0.39, 0.29) is 104 Å². The number of methoxy groups -OCH3 is 1. The second-order valence-electron chi connectivity index (χ2n) is 19.9. The Balaban J connectivity index is 0.851. The summed E-state index contributed by atoms with van der Waals surface area (Å²) >= 11 is 1.56. The number of aliphatic hydroxyl groups is 1. The number of thiazole rings is 1. The molecular formula is C54H62FN11O8S. The topological polar surface area (TPSA) is 244 Å². The van der Waals surface area contributed by atoms with Crippen molar-refractivity contribution in [3.05, 3.63) is 101 Å². The number of H-pyrrole nitrogens is 1. The number of aliphatic hydroxyl groups excluding tert-OH is 1. The van der Waals surface area contributed by atoms with Gasteiger partial charge in [0.15, 0.2) is 0 Å². The fraction of sp³-hybridized carbons (Fsp3) is 0.389. The Bertz CT molecular complexity index is 3140. The van der Waals surface area contributed by atoms with Gasteiger partial charge in [0.2, 0.25) is 29.6 Å². The summed E-state index contributed by atoms with van der Waals surface area (Å²) in [5, 5.41) is 22.9. The average Bonchev–Trinajstić information content (AvgIpc) is 4.22. The number of β-amino-alcohol motifs (C(OH)–C–C–N with tert-alkyl or cyclic N) is 1. The largest absolute Gasteiger partial charge is 0.495 e. The minimum Gasteiger partial charge on any atom is -0.495 e. The van der Waals surface area contributed by atoms with Gasteiger partial charge in [-0.2, -0.15) is 9.97 Å². The van der Waals surface area contributed by atoms with E-state index in [1.807, 2.05) is 58.0 Å². The highest BCUT2D eigenvalue weighted by molar-refractivity contribution is 7.13. The van der Waals surface area contributed by atoms with Crippen LogP contribution in [0.15, 0.2) is 72.4 Å². The maximum Gasteiger partial charge on any atom is 0.256 e. The minimum atomic E-state index is -0.905. The van der Waals surface area contributed by atoms with Crippen molar-refractivity contribution in [2.75, 3.05) is 56.4 Å². The molecule has 3 aromatic carbocycles. The van der Waals surface area contributed by atoms with Crippen molar-refractivity contribution in [2.24, 2.45) is 11.3 Å². The highest BCUT2D eigenvalue weighted by atomic mass is 32.1. The summed E-state index contributed by atoms with van der Waals surface area (Å²) in [7, 11) is 4.46. The number of Topliss-reactive ketones (excluding diaryl/α,β-unsaturated/α-hetero) is 1. The Labute approximate surface area is 437 Å². The van der Waals surface area contributed by atoms with E-state index in [1.165, 1.54) is 43.1 Å². The molecule has 0 radical (unpaired) electrons. The molecule has 3 aromatic heterocycles. The molecule has 75 heavy (non-hydrogen) atoms. The van der Waals surface area contributed by atoms with Gasteiger partial charge in [0.05, 0.1) is 58.2 Å². The van der Waals surface area contributed by atoms with Crippen LogP contribution in [0, 0.1) is 24.1 Å². The van der Waals surface area contributed by atoms with E-state index in [0.29, 0.717) is 41.1 Å². The average molecular weight is 1040 g/mol.